The molecule has 43 heavy (non-hydrogen) atoms. The molecule has 6 rings (SSSR count). The Morgan fingerprint density at radius 1 is 1.12 bits per heavy atom. The van der Waals surface area contributed by atoms with Crippen LogP contribution in [0.4, 0.5) is 11.5 Å². The molecule has 4 heterocycles. The molecule has 2 fully saturated rings. The number of amides is 1. The molecule has 0 N–H and O–H groups in total. The number of fused-ring (bicyclic) bond motifs is 2. The van der Waals surface area contributed by atoms with Crippen molar-refractivity contribution in [1.82, 2.24) is 19.8 Å². The molecular weight excluding hydrogens is 538 g/mol. The van der Waals surface area contributed by atoms with Crippen LogP contribution >= 0.6 is 0 Å². The van der Waals surface area contributed by atoms with E-state index in [1.54, 1.807) is 4.90 Å². The minimum atomic E-state index is -0.209. The summed E-state index contributed by atoms with van der Waals surface area (Å²) in [6.45, 7) is 11.8. The minimum Gasteiger partial charge on any atom is -0.376 e. The van der Waals surface area contributed by atoms with Gasteiger partial charge in [0, 0.05) is 62.3 Å². The van der Waals surface area contributed by atoms with Gasteiger partial charge in [-0.1, -0.05) is 36.9 Å². The molecule has 9 nitrogen and oxygen atoms in total. The SMILES string of the molecule is C=CC(=O)N1CCN(c2nc(CCOC3CCN(C)C3)nc3c2CCN(c2cccc4cccc(C)c24)C3)CC1CC#N. The van der Waals surface area contributed by atoms with Crippen LogP contribution in [0, 0.1) is 18.3 Å². The summed E-state index contributed by atoms with van der Waals surface area (Å²) >= 11 is 0. The molecule has 1 amide bonds. The molecule has 0 aliphatic carbocycles. The monoisotopic (exact) mass is 579 g/mol. The quantitative estimate of drug-likeness (QED) is 0.372. The Labute approximate surface area is 254 Å². The minimum absolute atomic E-state index is 0.124. The van der Waals surface area contributed by atoms with Crippen LogP contribution in [0.2, 0.25) is 0 Å². The van der Waals surface area contributed by atoms with Gasteiger partial charge in [-0.15, -0.1) is 0 Å². The Bertz CT molecular complexity index is 1540. The number of aryl methyl sites for hydroxylation is 1. The largest absolute Gasteiger partial charge is 0.376 e. The molecule has 224 valence electrons. The average Bonchev–Trinajstić information content (AvgIpc) is 3.44. The van der Waals surface area contributed by atoms with Gasteiger partial charge in [-0.05, 0) is 49.9 Å². The second kappa shape index (κ2) is 12.7. The molecule has 0 bridgehead atoms. The van der Waals surface area contributed by atoms with Crippen molar-refractivity contribution < 1.29 is 9.53 Å². The molecular formula is C34H41N7O2. The molecule has 3 aliphatic heterocycles. The molecule has 2 atom stereocenters. The first kappa shape index (κ1) is 29.1. The number of aromatic nitrogens is 2. The number of rotatable bonds is 8. The molecule has 2 aromatic carbocycles. The van der Waals surface area contributed by atoms with E-state index in [4.69, 9.17) is 14.7 Å². The molecule has 2 unspecified atom stereocenters. The predicted octanol–water partition coefficient (Wildman–Crippen LogP) is 3.88. The topological polar surface area (TPSA) is 88.8 Å². The van der Waals surface area contributed by atoms with Crippen molar-refractivity contribution in [2.45, 2.75) is 51.3 Å². The zero-order valence-electron chi connectivity index (χ0n) is 25.3. The number of hydrogen-bond donors (Lipinski definition) is 0. The molecule has 0 saturated carbocycles. The number of anilines is 2. The van der Waals surface area contributed by atoms with E-state index in [1.807, 2.05) is 0 Å². The van der Waals surface area contributed by atoms with E-state index in [-0.39, 0.29) is 24.5 Å². The zero-order valence-corrected chi connectivity index (χ0v) is 25.3. The Hall–Kier alpha value is -4.00. The van der Waals surface area contributed by atoms with E-state index in [9.17, 15) is 10.1 Å². The van der Waals surface area contributed by atoms with Crippen LogP contribution in [0.1, 0.15) is 35.5 Å². The van der Waals surface area contributed by atoms with Crippen LogP contribution in [0.3, 0.4) is 0 Å². The second-order valence-electron chi connectivity index (χ2n) is 12.0. The van der Waals surface area contributed by atoms with E-state index in [0.29, 0.717) is 39.2 Å². The van der Waals surface area contributed by atoms with Crippen LogP contribution in [0.15, 0.2) is 49.1 Å². The second-order valence-corrected chi connectivity index (χ2v) is 12.0. The zero-order chi connectivity index (χ0) is 29.9. The number of nitriles is 1. The Kier molecular flexibility index (Phi) is 8.59. The normalized spacial score (nSPS) is 20.7. The molecule has 3 aromatic rings. The number of hydrogen-bond acceptors (Lipinski definition) is 8. The highest BCUT2D eigenvalue weighted by atomic mass is 16.5. The van der Waals surface area contributed by atoms with Crippen LogP contribution in [0.5, 0.6) is 0 Å². The van der Waals surface area contributed by atoms with Crippen molar-refractivity contribution in [2.24, 2.45) is 0 Å². The fraction of sp³-hybridized carbons (Fsp3) is 0.471. The lowest BCUT2D eigenvalue weighted by molar-refractivity contribution is -0.128. The number of benzene rings is 2. The lowest BCUT2D eigenvalue weighted by Gasteiger charge is -2.42. The highest BCUT2D eigenvalue weighted by Crippen LogP contribution is 2.35. The standard InChI is InChI=1S/C34H41N7O2/c1-4-32(42)41-19-18-40(21-26(41)11-15-35)34-28-13-17-39(30-10-6-9-25-8-5-7-24(2)33(25)30)23-29(28)36-31(37-34)14-20-43-27-12-16-38(3)22-27/h4-10,26-27H,1,11-14,16-23H2,2-3H3. The van der Waals surface area contributed by atoms with Crippen LogP contribution in [-0.4, -0.2) is 90.7 Å². The van der Waals surface area contributed by atoms with Crippen LogP contribution in [-0.2, 0) is 28.9 Å². The third-order valence-corrected chi connectivity index (χ3v) is 9.12. The number of nitrogens with zero attached hydrogens (tertiary/aromatic N) is 7. The van der Waals surface area contributed by atoms with Crippen LogP contribution in [0.25, 0.3) is 10.8 Å². The van der Waals surface area contributed by atoms with Gasteiger partial charge in [-0.2, -0.15) is 5.26 Å². The average molecular weight is 580 g/mol. The third-order valence-electron chi connectivity index (χ3n) is 9.12. The summed E-state index contributed by atoms with van der Waals surface area (Å²) < 4.78 is 6.23. The van der Waals surface area contributed by atoms with Crippen molar-refractivity contribution in [2.75, 3.05) is 62.7 Å². The van der Waals surface area contributed by atoms with Crippen molar-refractivity contribution in [3.8, 4) is 6.07 Å². The Balaban J connectivity index is 1.31. The molecule has 3 aliphatic rings. The Morgan fingerprint density at radius 2 is 1.95 bits per heavy atom. The van der Waals surface area contributed by atoms with Crippen LogP contribution < -0.4 is 9.80 Å². The van der Waals surface area contributed by atoms with E-state index < -0.39 is 0 Å². The maximum absolute atomic E-state index is 12.5. The number of likely N-dealkylation sites (tertiary alicyclic amines) is 1. The summed E-state index contributed by atoms with van der Waals surface area (Å²) in [4.78, 5) is 31.6. The lowest BCUT2D eigenvalue weighted by atomic mass is 9.99. The summed E-state index contributed by atoms with van der Waals surface area (Å²) in [6.07, 6.45) is 4.40. The first-order valence-electron chi connectivity index (χ1n) is 15.4. The summed E-state index contributed by atoms with van der Waals surface area (Å²) in [5, 5.41) is 12.1. The summed E-state index contributed by atoms with van der Waals surface area (Å²) in [6, 6.07) is 15.1. The molecule has 0 radical (unpaired) electrons. The van der Waals surface area contributed by atoms with Gasteiger partial charge < -0.3 is 24.3 Å². The van der Waals surface area contributed by atoms with Gasteiger partial charge in [-0.3, -0.25) is 4.79 Å². The van der Waals surface area contributed by atoms with Gasteiger partial charge in [-0.25, -0.2) is 9.97 Å². The highest BCUT2D eigenvalue weighted by molar-refractivity contribution is 5.97. The van der Waals surface area contributed by atoms with E-state index in [0.717, 1.165) is 49.8 Å². The maximum atomic E-state index is 12.5. The fourth-order valence-electron chi connectivity index (χ4n) is 6.89. The van der Waals surface area contributed by atoms with Gasteiger partial charge >= 0.3 is 0 Å². The van der Waals surface area contributed by atoms with Crippen molar-refractivity contribution in [3.05, 3.63) is 71.7 Å². The Morgan fingerprint density at radius 3 is 2.72 bits per heavy atom. The van der Waals surface area contributed by atoms with Crippen molar-refractivity contribution in [1.29, 1.82) is 5.26 Å². The number of piperazine rings is 1. The number of carbonyl (C=O) groups excluding carboxylic acids is 1. The fourth-order valence-corrected chi connectivity index (χ4v) is 6.89. The van der Waals surface area contributed by atoms with Gasteiger partial charge in [0.1, 0.15) is 11.6 Å². The van der Waals surface area contributed by atoms with Gasteiger partial charge in [0.15, 0.2) is 0 Å². The van der Waals surface area contributed by atoms with Gasteiger partial charge in [0.05, 0.1) is 43.5 Å². The van der Waals surface area contributed by atoms with Gasteiger partial charge in [0.2, 0.25) is 5.91 Å². The molecule has 9 heteroatoms. The van der Waals surface area contributed by atoms with Gasteiger partial charge in [0.25, 0.3) is 0 Å². The molecule has 0 spiro atoms. The summed E-state index contributed by atoms with van der Waals surface area (Å²) in [5.41, 5.74) is 4.74. The maximum Gasteiger partial charge on any atom is 0.246 e. The smallest absolute Gasteiger partial charge is 0.246 e. The molecule has 1 aromatic heterocycles. The van der Waals surface area contributed by atoms with Crippen molar-refractivity contribution in [3.63, 3.8) is 0 Å². The third kappa shape index (κ3) is 6.08. The lowest BCUT2D eigenvalue weighted by Crippen LogP contribution is -2.55. The first-order valence-corrected chi connectivity index (χ1v) is 15.4. The predicted molar refractivity (Wildman–Crippen MR) is 169 cm³/mol. The number of likely N-dealkylation sites (N-methyl/N-ethyl adjacent to an activating group) is 1. The summed E-state index contributed by atoms with van der Waals surface area (Å²) in [7, 11) is 2.13. The van der Waals surface area contributed by atoms with Crippen molar-refractivity contribution >= 4 is 28.2 Å². The highest BCUT2D eigenvalue weighted by Gasteiger charge is 2.33. The van der Waals surface area contributed by atoms with E-state index in [2.05, 4.69) is 77.7 Å². The van der Waals surface area contributed by atoms with E-state index in [1.165, 1.54) is 33.7 Å². The van der Waals surface area contributed by atoms with E-state index >= 15 is 0 Å². The first-order chi connectivity index (χ1) is 20.9. The number of carbonyl (C=O) groups is 1. The summed E-state index contributed by atoms with van der Waals surface area (Å²) in [5.74, 6) is 1.61. The number of ether oxygens (including phenoxy) is 1. The molecule has 2 saturated heterocycles.